The summed E-state index contributed by atoms with van der Waals surface area (Å²) in [6.45, 7) is 10.8. The lowest BCUT2D eigenvalue weighted by molar-refractivity contribution is -0.114. The fourth-order valence-electron chi connectivity index (χ4n) is 2.99. The lowest BCUT2D eigenvalue weighted by Crippen LogP contribution is -2.06. The van der Waals surface area contributed by atoms with Crippen LogP contribution in [0, 0.1) is 0 Å². The van der Waals surface area contributed by atoms with Crippen molar-refractivity contribution in [1.82, 2.24) is 0 Å². The number of carbonyl (C=O) groups excluding carboxylic acids is 2. The van der Waals surface area contributed by atoms with E-state index in [0.717, 1.165) is 38.5 Å². The van der Waals surface area contributed by atoms with E-state index in [4.69, 9.17) is 0 Å². The van der Waals surface area contributed by atoms with Crippen LogP contribution >= 0.6 is 0 Å². The molecule has 0 fully saturated rings. The Morgan fingerprint density at radius 3 is 1.75 bits per heavy atom. The van der Waals surface area contributed by atoms with Gasteiger partial charge in [-0.3, -0.25) is 9.59 Å². The van der Waals surface area contributed by atoms with Crippen LogP contribution in [0.4, 0.5) is 0 Å². The highest BCUT2D eigenvalue weighted by molar-refractivity contribution is 6.17. The first-order valence-electron chi connectivity index (χ1n) is 10.3. The summed E-state index contributed by atoms with van der Waals surface area (Å²) in [5, 5.41) is 0. The highest BCUT2D eigenvalue weighted by Crippen LogP contribution is 2.16. The molecule has 1 aliphatic carbocycles. The van der Waals surface area contributed by atoms with Gasteiger partial charge < -0.3 is 0 Å². The van der Waals surface area contributed by atoms with Gasteiger partial charge in [-0.2, -0.15) is 0 Å². The second-order valence-corrected chi connectivity index (χ2v) is 8.02. The van der Waals surface area contributed by atoms with Crippen molar-refractivity contribution in [2.24, 2.45) is 0 Å². The van der Waals surface area contributed by atoms with E-state index in [9.17, 15) is 9.59 Å². The number of rotatable bonds is 11. The molecule has 0 aromatic heterocycles. The highest BCUT2D eigenvalue weighted by Gasteiger charge is 2.11. The summed E-state index contributed by atoms with van der Waals surface area (Å²) in [6, 6.07) is 0. The Bertz CT molecular complexity index is 732. The maximum atomic E-state index is 11.7. The Labute approximate surface area is 171 Å². The molecule has 0 saturated heterocycles. The summed E-state index contributed by atoms with van der Waals surface area (Å²) in [6.07, 6.45) is 20.2. The molecule has 2 nitrogen and oxygen atoms in total. The SMILES string of the molecule is CC(C)=CCC/C(C)=C/CCC(C)=CCC/C(C)=C/CC1=CC(=O)C=CC1=O. The second kappa shape index (κ2) is 13.0. The number of carbonyl (C=O) groups is 2. The van der Waals surface area contributed by atoms with Crippen molar-refractivity contribution in [3.8, 4) is 0 Å². The summed E-state index contributed by atoms with van der Waals surface area (Å²) in [5.41, 5.74) is 6.15. The number of ketones is 2. The molecule has 0 saturated carbocycles. The van der Waals surface area contributed by atoms with Crippen LogP contribution in [0.15, 0.2) is 70.4 Å². The molecule has 0 aliphatic heterocycles. The van der Waals surface area contributed by atoms with Gasteiger partial charge in [0.2, 0.25) is 0 Å². The normalized spacial score (nSPS) is 15.8. The van der Waals surface area contributed by atoms with Crippen molar-refractivity contribution in [1.29, 1.82) is 0 Å². The van der Waals surface area contributed by atoms with Gasteiger partial charge in [-0.05, 0) is 97.8 Å². The van der Waals surface area contributed by atoms with E-state index in [1.54, 1.807) is 0 Å². The van der Waals surface area contributed by atoms with Gasteiger partial charge >= 0.3 is 0 Å². The summed E-state index contributed by atoms with van der Waals surface area (Å²) in [4.78, 5) is 23.1. The van der Waals surface area contributed by atoms with Gasteiger partial charge in [-0.1, -0.05) is 46.6 Å². The van der Waals surface area contributed by atoms with E-state index in [0.29, 0.717) is 12.0 Å². The van der Waals surface area contributed by atoms with Crippen molar-refractivity contribution in [3.05, 3.63) is 70.4 Å². The molecule has 28 heavy (non-hydrogen) atoms. The van der Waals surface area contributed by atoms with Crippen LogP contribution in [0.25, 0.3) is 0 Å². The fraction of sp³-hybridized carbons (Fsp3) is 0.462. The predicted octanol–water partition coefficient (Wildman–Crippen LogP) is 7.16. The number of hydrogen-bond acceptors (Lipinski definition) is 2. The van der Waals surface area contributed by atoms with E-state index in [2.05, 4.69) is 58.9 Å². The Kier molecular flexibility index (Phi) is 11.1. The smallest absolute Gasteiger partial charge is 0.182 e. The standard InChI is InChI=1S/C26H36O2/c1-20(2)9-6-10-21(3)11-7-12-22(4)13-8-14-23(5)15-16-24-19-25(27)17-18-26(24)28/h9,11,13,15,17-19H,6-8,10,12,14,16H2,1-5H3/b21-11+,22-13?,23-15+. The zero-order chi connectivity index (χ0) is 20.9. The van der Waals surface area contributed by atoms with E-state index >= 15 is 0 Å². The highest BCUT2D eigenvalue weighted by atomic mass is 16.1. The van der Waals surface area contributed by atoms with E-state index < -0.39 is 0 Å². The second-order valence-electron chi connectivity index (χ2n) is 8.02. The van der Waals surface area contributed by atoms with E-state index in [-0.39, 0.29) is 11.6 Å². The maximum absolute atomic E-state index is 11.7. The average molecular weight is 381 g/mol. The van der Waals surface area contributed by atoms with Crippen LogP contribution in [0.3, 0.4) is 0 Å². The summed E-state index contributed by atoms with van der Waals surface area (Å²) in [5.74, 6) is -0.149. The monoisotopic (exact) mass is 380 g/mol. The van der Waals surface area contributed by atoms with Crippen molar-refractivity contribution < 1.29 is 9.59 Å². The molecule has 2 heteroatoms. The minimum atomic E-state index is -0.0968. The predicted molar refractivity (Wildman–Crippen MR) is 120 cm³/mol. The minimum absolute atomic E-state index is 0.0522. The van der Waals surface area contributed by atoms with Gasteiger partial charge in [0.05, 0.1) is 0 Å². The molecule has 0 N–H and O–H groups in total. The van der Waals surface area contributed by atoms with Gasteiger partial charge in [0.1, 0.15) is 0 Å². The largest absolute Gasteiger partial charge is 0.290 e. The first-order valence-corrected chi connectivity index (χ1v) is 10.3. The first kappa shape index (κ1) is 23.8. The van der Waals surface area contributed by atoms with E-state index in [1.807, 2.05) is 0 Å². The average Bonchev–Trinajstić information content (AvgIpc) is 2.62. The molecule has 0 unspecified atom stereocenters. The van der Waals surface area contributed by atoms with Crippen molar-refractivity contribution in [3.63, 3.8) is 0 Å². The molecule has 0 atom stereocenters. The molecular weight excluding hydrogens is 344 g/mol. The maximum Gasteiger partial charge on any atom is 0.182 e. The minimum Gasteiger partial charge on any atom is -0.290 e. The van der Waals surface area contributed by atoms with Gasteiger partial charge in [-0.15, -0.1) is 0 Å². The lowest BCUT2D eigenvalue weighted by atomic mass is 9.98. The number of hydrogen-bond donors (Lipinski definition) is 0. The van der Waals surface area contributed by atoms with Crippen LogP contribution < -0.4 is 0 Å². The Hall–Kier alpha value is -2.22. The first-order chi connectivity index (χ1) is 13.3. The molecule has 1 rings (SSSR count). The van der Waals surface area contributed by atoms with Gasteiger partial charge in [-0.25, -0.2) is 0 Å². The van der Waals surface area contributed by atoms with Crippen molar-refractivity contribution in [2.45, 2.75) is 79.6 Å². The molecule has 0 heterocycles. The van der Waals surface area contributed by atoms with Crippen LogP contribution in [-0.4, -0.2) is 11.6 Å². The Morgan fingerprint density at radius 1 is 0.714 bits per heavy atom. The Morgan fingerprint density at radius 2 is 1.21 bits per heavy atom. The molecule has 0 radical (unpaired) electrons. The third kappa shape index (κ3) is 10.8. The molecule has 0 aromatic rings. The number of allylic oxidation sites excluding steroid dienone is 12. The van der Waals surface area contributed by atoms with Crippen molar-refractivity contribution in [2.75, 3.05) is 0 Å². The molecule has 152 valence electrons. The van der Waals surface area contributed by atoms with Crippen LogP contribution in [0.5, 0.6) is 0 Å². The fourth-order valence-corrected chi connectivity index (χ4v) is 2.99. The third-order valence-corrected chi connectivity index (χ3v) is 4.86. The summed E-state index contributed by atoms with van der Waals surface area (Å²) in [7, 11) is 0. The molecule has 0 bridgehead atoms. The molecule has 1 aliphatic rings. The lowest BCUT2D eigenvalue weighted by Gasteiger charge is -2.05. The third-order valence-electron chi connectivity index (χ3n) is 4.86. The quantitative estimate of drug-likeness (QED) is 0.281. The summed E-state index contributed by atoms with van der Waals surface area (Å²) < 4.78 is 0. The topological polar surface area (TPSA) is 34.1 Å². The van der Waals surface area contributed by atoms with Gasteiger partial charge in [0.25, 0.3) is 0 Å². The molecule has 0 aromatic carbocycles. The molecule has 0 amide bonds. The Balaban J connectivity index is 2.32. The summed E-state index contributed by atoms with van der Waals surface area (Å²) >= 11 is 0. The van der Waals surface area contributed by atoms with Crippen LogP contribution in [0.2, 0.25) is 0 Å². The van der Waals surface area contributed by atoms with Crippen LogP contribution in [0.1, 0.15) is 79.6 Å². The molecular formula is C26H36O2. The zero-order valence-corrected chi connectivity index (χ0v) is 18.3. The molecule has 0 spiro atoms. The van der Waals surface area contributed by atoms with Gasteiger partial charge in [0.15, 0.2) is 11.6 Å². The van der Waals surface area contributed by atoms with Crippen LogP contribution in [-0.2, 0) is 9.59 Å². The van der Waals surface area contributed by atoms with E-state index in [1.165, 1.54) is 40.5 Å². The van der Waals surface area contributed by atoms with Gasteiger partial charge in [0, 0.05) is 5.57 Å². The van der Waals surface area contributed by atoms with Crippen molar-refractivity contribution >= 4 is 11.6 Å². The zero-order valence-electron chi connectivity index (χ0n) is 18.3.